The highest BCUT2D eigenvalue weighted by Crippen LogP contribution is 2.62. The maximum atomic E-state index is 14.2. The first kappa shape index (κ1) is 66.6. The second-order valence-electron chi connectivity index (χ2n) is 25.6. The summed E-state index contributed by atoms with van der Waals surface area (Å²) in [6.07, 6.45) is -2.55. The lowest BCUT2D eigenvalue weighted by Gasteiger charge is -2.48. The predicted octanol–water partition coefficient (Wildman–Crippen LogP) is 0.530. The average molecular weight is 1250 g/mol. The number of aliphatic hydroxyl groups excluding tert-OH is 2. The highest BCUT2D eigenvalue weighted by atomic mass is 31.2. The van der Waals surface area contributed by atoms with Gasteiger partial charge in [0.05, 0.1) is 24.8 Å². The van der Waals surface area contributed by atoms with Crippen molar-refractivity contribution in [1.82, 2.24) is 30.2 Å². The van der Waals surface area contributed by atoms with E-state index >= 15 is 0 Å². The Hall–Kier alpha value is -7.34. The summed E-state index contributed by atoms with van der Waals surface area (Å²) in [7, 11) is -5.06. The van der Waals surface area contributed by atoms with Crippen LogP contribution in [0.2, 0.25) is 0 Å². The van der Waals surface area contributed by atoms with Crippen molar-refractivity contribution in [2.45, 2.75) is 162 Å². The number of imidazole rings is 1. The molecule has 0 radical (unpaired) electrons. The van der Waals surface area contributed by atoms with Gasteiger partial charge in [-0.1, -0.05) is 34.6 Å². The second-order valence-corrected chi connectivity index (χ2v) is 27.0. The molecule has 8 bridgehead atoms. The van der Waals surface area contributed by atoms with Crippen LogP contribution >= 0.6 is 7.82 Å². The Labute approximate surface area is 508 Å². The van der Waals surface area contributed by atoms with Crippen LogP contribution < -0.4 is 50.8 Å². The number of hydrogen-bond donors (Lipinski definition) is 12. The van der Waals surface area contributed by atoms with E-state index in [0.717, 1.165) is 0 Å². The zero-order valence-electron chi connectivity index (χ0n) is 50.8. The summed E-state index contributed by atoms with van der Waals surface area (Å²) in [5, 5.41) is 27.8. The third-order valence-corrected chi connectivity index (χ3v) is 20.6. The van der Waals surface area contributed by atoms with Crippen molar-refractivity contribution in [3.05, 3.63) is 47.0 Å². The van der Waals surface area contributed by atoms with Gasteiger partial charge in [0.25, 0.3) is 0 Å². The van der Waals surface area contributed by atoms with Crippen molar-refractivity contribution >= 4 is 83.3 Å². The molecule has 480 valence electrons. The lowest BCUT2D eigenvalue weighted by molar-refractivity contribution is -0.124. The maximum Gasteiger partial charge on any atom is 0.472 e. The highest BCUT2D eigenvalue weighted by Gasteiger charge is 2.66. The van der Waals surface area contributed by atoms with Crippen LogP contribution in [0.4, 0.5) is 5.82 Å². The number of amides is 7. The van der Waals surface area contributed by atoms with E-state index in [4.69, 9.17) is 68.9 Å². The molecule has 30 nitrogen and oxygen atoms in total. The van der Waals surface area contributed by atoms with E-state index in [1.165, 1.54) is 17.2 Å². The number of phosphoric acid groups is 1. The first-order valence-electron chi connectivity index (χ1n) is 29.2. The minimum Gasteiger partial charge on any atom is -0.394 e. The van der Waals surface area contributed by atoms with Gasteiger partial charge in [-0.15, -0.1) is 0 Å². The minimum atomic E-state index is -5.06. The Morgan fingerprint density at radius 2 is 1.43 bits per heavy atom. The lowest BCUT2D eigenvalue weighted by atomic mass is 9.55. The minimum absolute atomic E-state index is 0.00304. The Kier molecular flexibility index (Phi) is 18.9. The van der Waals surface area contributed by atoms with E-state index in [9.17, 15) is 53.2 Å². The Bertz CT molecular complexity index is 3450. The van der Waals surface area contributed by atoms with E-state index in [0.29, 0.717) is 45.4 Å². The Morgan fingerprint density at radius 1 is 0.807 bits per heavy atom. The van der Waals surface area contributed by atoms with Crippen molar-refractivity contribution in [2.75, 3.05) is 25.5 Å². The largest absolute Gasteiger partial charge is 0.472 e. The number of carbonyl (C=O) groups excluding carboxylic acids is 7. The van der Waals surface area contributed by atoms with Crippen LogP contribution in [0.5, 0.6) is 0 Å². The summed E-state index contributed by atoms with van der Waals surface area (Å²) in [5.41, 5.74) is 40.4. The van der Waals surface area contributed by atoms with E-state index < -0.39 is 144 Å². The van der Waals surface area contributed by atoms with Crippen LogP contribution in [0.3, 0.4) is 0 Å². The molecule has 14 atom stereocenters. The smallest absolute Gasteiger partial charge is 0.394 e. The van der Waals surface area contributed by atoms with Gasteiger partial charge in [-0.05, 0) is 63.7 Å². The van der Waals surface area contributed by atoms with Crippen molar-refractivity contribution in [3.63, 3.8) is 0 Å². The fourth-order valence-electron chi connectivity index (χ4n) is 14.9. The fraction of sp³-hybridized carbons (Fsp3) is 0.632. The molecular weight excluding hydrogens is 1160 g/mol. The van der Waals surface area contributed by atoms with Crippen LogP contribution in [0, 0.1) is 45.3 Å². The monoisotopic (exact) mass is 1250 g/mol. The molecule has 0 aliphatic carbocycles. The van der Waals surface area contributed by atoms with Gasteiger partial charge in [-0.2, -0.15) is 0 Å². The number of primary amides is 6. The van der Waals surface area contributed by atoms with Crippen molar-refractivity contribution in [3.8, 4) is 0 Å². The SMILES string of the molecule is C/C1=C2N=C(/C=C3\N/C(=C(/C)C4=N[C@@](C)([C@@H]5N=C1[C@](C)(CCC(=O)NCCOP(=O)(O)O[C@H]1[C@@H](O)[C@@H](n6cnc7ncnc(N)c76)O[C@@H]1CO)[C@H]5CC(N)=O)[C@@](C)(CC(N)=O)[C@@H]4CCC(N)=O)[C@@](C)(CC(N)=O)[C@@H]3CCC(N)=O)C(C)(C)[C@@H]/2CCC(N)=O. The molecule has 2 aromatic rings. The molecule has 0 saturated carbocycles. The molecule has 19 N–H and O–H groups in total. The number of nitrogens with zero attached hydrogens (tertiary/aromatic N) is 7. The number of nitrogens with one attached hydrogen (secondary N) is 2. The number of rotatable bonds is 26. The quantitative estimate of drug-likeness (QED) is 0.0451. The summed E-state index contributed by atoms with van der Waals surface area (Å²) in [4.78, 5) is 133. The van der Waals surface area contributed by atoms with Crippen LogP contribution in [-0.4, -0.2) is 143 Å². The van der Waals surface area contributed by atoms with Crippen LogP contribution in [-0.2, 0) is 51.9 Å². The standard InChI is InChI=1S/C57H83N16O14P/c1-26-42-29(10-13-36(59)76)53(3,4)34(70-42)20-32-28(9-12-35(58)75)55(6,21-39(62)79)48(69-32)27(2)43-30(11-14-37(60)77)56(7,22-40(63)80)57(8,72-43)49-31(19-38(61)78)54(5,47(26)71-49)16-15-41(81)65-17-18-85-88(83,84)87-46-33(23-74)86-52(45(46)82)73-25-68-51-44(73)50(64)66-24-67-51/h20,24-25,28-31,33,45-46,49,52,69,74,82H,9-19,21-23H2,1-8H3,(H2,58,75)(H2,59,76)(H2,60,77)(H2,61,78)(H2,62,79)(H2,63,80)(H,65,81)(H,83,84)(H2,64,66,67)/b32-20-,42-26-,48-27-/t28-,29-,30-,31+,33-,45-,46-,49-,52+,54-,55+,56+,57+/m1/s1. The number of ether oxygens (including phenoxy) is 1. The van der Waals surface area contributed by atoms with E-state index in [1.807, 2.05) is 54.5 Å². The highest BCUT2D eigenvalue weighted by molar-refractivity contribution is 7.47. The van der Waals surface area contributed by atoms with Crippen LogP contribution in [0.1, 0.15) is 132 Å². The molecule has 31 heteroatoms. The molecule has 2 aromatic heterocycles. The van der Waals surface area contributed by atoms with Crippen molar-refractivity contribution < 1.29 is 67.0 Å². The number of nitrogen functional groups attached to an aromatic ring is 1. The molecule has 6 aliphatic rings. The number of carbonyl (C=O) groups is 7. The molecular formula is C57H83N16O14P. The first-order valence-corrected chi connectivity index (χ1v) is 30.7. The molecule has 88 heavy (non-hydrogen) atoms. The van der Waals surface area contributed by atoms with Gasteiger partial charge in [0.1, 0.15) is 36.5 Å². The van der Waals surface area contributed by atoms with Gasteiger partial charge < -0.3 is 70.6 Å². The average Bonchev–Trinajstić information content (AvgIpc) is 1.55. The van der Waals surface area contributed by atoms with Gasteiger partial charge >= 0.3 is 7.82 Å². The number of hydrogen-bond acceptors (Lipinski definition) is 21. The van der Waals surface area contributed by atoms with Gasteiger partial charge in [-0.25, -0.2) is 19.5 Å². The molecule has 8 heterocycles. The molecule has 2 saturated heterocycles. The number of aliphatic imine (C=N–C) groups is 3. The van der Waals surface area contributed by atoms with Crippen LogP contribution in [0.15, 0.2) is 61.9 Å². The molecule has 0 aromatic carbocycles. The molecule has 7 amide bonds. The number of anilines is 1. The fourth-order valence-corrected chi connectivity index (χ4v) is 15.8. The van der Waals surface area contributed by atoms with Crippen molar-refractivity contribution in [1.29, 1.82) is 0 Å². The van der Waals surface area contributed by atoms with E-state index in [2.05, 4.69) is 25.6 Å². The first-order chi connectivity index (χ1) is 41.0. The number of aliphatic hydroxyl groups is 2. The third-order valence-electron chi connectivity index (χ3n) is 19.6. The topological polar surface area (TPSA) is 512 Å². The van der Waals surface area contributed by atoms with Crippen molar-refractivity contribution in [2.24, 2.45) is 94.7 Å². The Balaban J connectivity index is 1.19. The lowest BCUT2D eigenvalue weighted by Crippen LogP contribution is -2.56. The number of fused-ring (bicyclic) bond motifs is 7. The summed E-state index contributed by atoms with van der Waals surface area (Å²) in [6.45, 7) is 13.3. The predicted molar refractivity (Wildman–Crippen MR) is 320 cm³/mol. The third kappa shape index (κ3) is 12.4. The van der Waals surface area contributed by atoms with E-state index in [-0.39, 0.29) is 94.2 Å². The van der Waals surface area contributed by atoms with Gasteiger partial charge in [-0.3, -0.25) is 62.2 Å². The zero-order valence-corrected chi connectivity index (χ0v) is 51.7. The maximum absolute atomic E-state index is 14.2. The molecule has 1 unspecified atom stereocenters. The van der Waals surface area contributed by atoms with E-state index in [1.54, 1.807) is 6.92 Å². The molecule has 6 aliphatic heterocycles. The zero-order chi connectivity index (χ0) is 65.0. The number of nitrogens with two attached hydrogens (primary N) is 7. The number of allylic oxidation sites excluding steroid dienone is 6. The van der Waals surface area contributed by atoms with Gasteiger partial charge in [0, 0.05) is 131 Å². The normalized spacial score (nSPS) is 34.3. The summed E-state index contributed by atoms with van der Waals surface area (Å²) in [6, 6.07) is -1.05. The summed E-state index contributed by atoms with van der Waals surface area (Å²) >= 11 is 0. The van der Waals surface area contributed by atoms with Gasteiger partial charge in [0.15, 0.2) is 17.7 Å². The molecule has 0 spiro atoms. The second kappa shape index (κ2) is 24.9. The molecule has 2 fully saturated rings. The number of aromatic nitrogens is 4. The molecule has 8 rings (SSSR count). The number of phosphoric ester groups is 1. The van der Waals surface area contributed by atoms with Crippen LogP contribution in [0.25, 0.3) is 11.2 Å². The Morgan fingerprint density at radius 3 is 2.03 bits per heavy atom. The summed E-state index contributed by atoms with van der Waals surface area (Å²) < 4.78 is 31.2. The van der Waals surface area contributed by atoms with Gasteiger partial charge in [0.2, 0.25) is 41.4 Å². The summed E-state index contributed by atoms with van der Waals surface area (Å²) in [5.74, 6) is -7.25.